The molecule has 1 atom stereocenters. The van der Waals surface area contributed by atoms with Crippen LogP contribution in [-0.4, -0.2) is 22.1 Å². The van der Waals surface area contributed by atoms with Crippen LogP contribution < -0.4 is 5.32 Å². The van der Waals surface area contributed by atoms with Crippen molar-refractivity contribution in [3.05, 3.63) is 24.0 Å². The van der Waals surface area contributed by atoms with Gasteiger partial charge in [0.1, 0.15) is 12.1 Å². The largest absolute Gasteiger partial charge is 0.480 e. The number of aliphatic carboxylic acids is 1. The van der Waals surface area contributed by atoms with Gasteiger partial charge < -0.3 is 10.4 Å². The summed E-state index contributed by atoms with van der Waals surface area (Å²) in [5, 5.41) is 20.6. The minimum Gasteiger partial charge on any atom is -0.480 e. The number of nitriles is 1. The SMILES string of the molecule is CCCC(Nc1cccnc1C#N)C(=O)O. The second-order valence-electron chi connectivity index (χ2n) is 3.34. The predicted octanol–water partition coefficient (Wildman–Crippen LogP) is 1.62. The molecule has 84 valence electrons. The number of aromatic nitrogens is 1. The van der Waals surface area contributed by atoms with Gasteiger partial charge in [0.05, 0.1) is 5.69 Å². The Bertz CT molecular complexity index is 412. The van der Waals surface area contributed by atoms with Crippen LogP contribution in [0.4, 0.5) is 5.69 Å². The van der Waals surface area contributed by atoms with E-state index in [1.807, 2.05) is 13.0 Å². The molecular weight excluding hydrogens is 206 g/mol. The molecule has 2 N–H and O–H groups in total. The highest BCUT2D eigenvalue weighted by Crippen LogP contribution is 2.14. The molecule has 1 rings (SSSR count). The van der Waals surface area contributed by atoms with Crippen molar-refractivity contribution in [2.45, 2.75) is 25.8 Å². The molecule has 0 aliphatic rings. The molecule has 0 aliphatic heterocycles. The molecule has 0 saturated heterocycles. The molecule has 0 spiro atoms. The van der Waals surface area contributed by atoms with E-state index in [9.17, 15) is 4.79 Å². The van der Waals surface area contributed by atoms with Crippen LogP contribution in [0.15, 0.2) is 18.3 Å². The molecule has 1 unspecified atom stereocenters. The maximum atomic E-state index is 10.9. The van der Waals surface area contributed by atoms with Gasteiger partial charge in [-0.1, -0.05) is 13.3 Å². The molecule has 16 heavy (non-hydrogen) atoms. The van der Waals surface area contributed by atoms with Crippen molar-refractivity contribution >= 4 is 11.7 Å². The first kappa shape index (κ1) is 12.0. The Kier molecular flexibility index (Phi) is 4.28. The first-order valence-corrected chi connectivity index (χ1v) is 5.03. The van der Waals surface area contributed by atoms with E-state index in [1.165, 1.54) is 6.20 Å². The molecule has 5 heteroatoms. The quantitative estimate of drug-likeness (QED) is 0.785. The van der Waals surface area contributed by atoms with Crippen LogP contribution in [0, 0.1) is 11.3 Å². The van der Waals surface area contributed by atoms with Gasteiger partial charge in [-0.25, -0.2) is 9.78 Å². The lowest BCUT2D eigenvalue weighted by Crippen LogP contribution is -2.29. The predicted molar refractivity (Wildman–Crippen MR) is 58.9 cm³/mol. The minimum atomic E-state index is -0.922. The number of carboxylic acid groups (broad SMARTS) is 1. The number of nitrogens with one attached hydrogen (secondary N) is 1. The summed E-state index contributed by atoms with van der Waals surface area (Å²) in [6.07, 6.45) is 2.76. The Balaban J connectivity index is 2.85. The Morgan fingerprint density at radius 3 is 3.06 bits per heavy atom. The van der Waals surface area contributed by atoms with Gasteiger partial charge in [-0.05, 0) is 18.6 Å². The van der Waals surface area contributed by atoms with E-state index in [2.05, 4.69) is 10.3 Å². The maximum Gasteiger partial charge on any atom is 0.326 e. The summed E-state index contributed by atoms with van der Waals surface area (Å²) in [7, 11) is 0. The molecule has 1 aromatic rings. The first-order chi connectivity index (χ1) is 7.69. The standard InChI is InChI=1S/C11H13N3O2/c1-2-4-9(11(15)16)14-8-5-3-6-13-10(8)7-12/h3,5-6,9,14H,2,4H2,1H3,(H,15,16). The summed E-state index contributed by atoms with van der Waals surface area (Å²) < 4.78 is 0. The number of carbonyl (C=O) groups is 1. The molecular formula is C11H13N3O2. The van der Waals surface area contributed by atoms with Crippen molar-refractivity contribution in [1.82, 2.24) is 4.98 Å². The fourth-order valence-electron chi connectivity index (χ4n) is 1.34. The Hall–Kier alpha value is -2.09. The normalized spacial score (nSPS) is 11.5. The van der Waals surface area contributed by atoms with Crippen LogP contribution in [0.25, 0.3) is 0 Å². The molecule has 1 heterocycles. The van der Waals surface area contributed by atoms with Gasteiger partial charge in [0.25, 0.3) is 0 Å². The van der Waals surface area contributed by atoms with Gasteiger partial charge in [0, 0.05) is 6.20 Å². The fourth-order valence-corrected chi connectivity index (χ4v) is 1.34. The Labute approximate surface area is 93.7 Å². The Morgan fingerprint density at radius 1 is 1.75 bits per heavy atom. The van der Waals surface area contributed by atoms with Gasteiger partial charge in [-0.2, -0.15) is 5.26 Å². The molecule has 0 fully saturated rings. The molecule has 0 aliphatic carbocycles. The first-order valence-electron chi connectivity index (χ1n) is 5.03. The average Bonchev–Trinajstić information content (AvgIpc) is 2.29. The maximum absolute atomic E-state index is 10.9. The number of pyridine rings is 1. The summed E-state index contributed by atoms with van der Waals surface area (Å²) in [6.45, 7) is 1.91. The van der Waals surface area contributed by atoms with E-state index in [-0.39, 0.29) is 5.69 Å². The van der Waals surface area contributed by atoms with Gasteiger partial charge in [0.2, 0.25) is 0 Å². The van der Waals surface area contributed by atoms with Crippen molar-refractivity contribution in [3.8, 4) is 6.07 Å². The molecule has 5 nitrogen and oxygen atoms in total. The third-order valence-corrected chi connectivity index (χ3v) is 2.12. The van der Waals surface area contributed by atoms with Gasteiger partial charge in [-0.15, -0.1) is 0 Å². The van der Waals surface area contributed by atoms with Gasteiger partial charge in [0.15, 0.2) is 5.69 Å². The summed E-state index contributed by atoms with van der Waals surface area (Å²) >= 11 is 0. The summed E-state index contributed by atoms with van der Waals surface area (Å²) in [4.78, 5) is 14.8. The van der Waals surface area contributed by atoms with Crippen LogP contribution in [0.1, 0.15) is 25.5 Å². The van der Waals surface area contributed by atoms with Crippen LogP contribution in [0.3, 0.4) is 0 Å². The molecule has 0 saturated carbocycles. The monoisotopic (exact) mass is 219 g/mol. The third-order valence-electron chi connectivity index (χ3n) is 2.12. The highest BCUT2D eigenvalue weighted by molar-refractivity contribution is 5.77. The Morgan fingerprint density at radius 2 is 2.50 bits per heavy atom. The number of anilines is 1. The van der Waals surface area contributed by atoms with Crippen molar-refractivity contribution in [2.24, 2.45) is 0 Å². The number of nitrogens with zero attached hydrogens (tertiary/aromatic N) is 2. The zero-order chi connectivity index (χ0) is 12.0. The second-order valence-corrected chi connectivity index (χ2v) is 3.34. The van der Waals surface area contributed by atoms with Crippen molar-refractivity contribution in [1.29, 1.82) is 5.26 Å². The van der Waals surface area contributed by atoms with Crippen LogP contribution >= 0.6 is 0 Å². The lowest BCUT2D eigenvalue weighted by Gasteiger charge is -2.15. The fraction of sp³-hybridized carbons (Fsp3) is 0.364. The van der Waals surface area contributed by atoms with Crippen LogP contribution in [0.2, 0.25) is 0 Å². The second kappa shape index (κ2) is 5.71. The summed E-state index contributed by atoms with van der Waals surface area (Å²) in [5.74, 6) is -0.922. The van der Waals surface area contributed by atoms with E-state index in [1.54, 1.807) is 12.1 Å². The topological polar surface area (TPSA) is 86.0 Å². The van der Waals surface area contributed by atoms with E-state index < -0.39 is 12.0 Å². The highest BCUT2D eigenvalue weighted by atomic mass is 16.4. The third kappa shape index (κ3) is 2.95. The molecule has 0 amide bonds. The van der Waals surface area contributed by atoms with Gasteiger partial charge >= 0.3 is 5.97 Å². The van der Waals surface area contributed by atoms with E-state index in [0.717, 1.165) is 6.42 Å². The zero-order valence-corrected chi connectivity index (χ0v) is 8.97. The number of rotatable bonds is 5. The van der Waals surface area contributed by atoms with Gasteiger partial charge in [-0.3, -0.25) is 0 Å². The van der Waals surface area contributed by atoms with E-state index in [0.29, 0.717) is 12.1 Å². The zero-order valence-electron chi connectivity index (χ0n) is 8.97. The number of hydrogen-bond donors (Lipinski definition) is 2. The number of carboxylic acids is 1. The average molecular weight is 219 g/mol. The molecule has 0 bridgehead atoms. The summed E-state index contributed by atoms with van der Waals surface area (Å²) in [6, 6.07) is 4.55. The highest BCUT2D eigenvalue weighted by Gasteiger charge is 2.17. The van der Waals surface area contributed by atoms with E-state index in [4.69, 9.17) is 10.4 Å². The van der Waals surface area contributed by atoms with Crippen molar-refractivity contribution < 1.29 is 9.90 Å². The van der Waals surface area contributed by atoms with Crippen LogP contribution in [0.5, 0.6) is 0 Å². The minimum absolute atomic E-state index is 0.213. The van der Waals surface area contributed by atoms with Crippen LogP contribution in [-0.2, 0) is 4.79 Å². The number of hydrogen-bond acceptors (Lipinski definition) is 4. The van der Waals surface area contributed by atoms with E-state index >= 15 is 0 Å². The lowest BCUT2D eigenvalue weighted by molar-refractivity contribution is -0.138. The summed E-state index contributed by atoms with van der Waals surface area (Å²) in [5.41, 5.74) is 0.677. The molecule has 0 radical (unpaired) electrons. The van der Waals surface area contributed by atoms with Crippen molar-refractivity contribution in [2.75, 3.05) is 5.32 Å². The molecule has 0 aromatic carbocycles. The van der Waals surface area contributed by atoms with Crippen molar-refractivity contribution in [3.63, 3.8) is 0 Å². The molecule has 1 aromatic heterocycles. The lowest BCUT2D eigenvalue weighted by atomic mass is 10.1. The smallest absolute Gasteiger partial charge is 0.326 e.